The van der Waals surface area contributed by atoms with Gasteiger partial charge >= 0.3 is 6.03 Å². The number of rotatable bonds is 6. The van der Waals surface area contributed by atoms with Crippen LogP contribution in [0.2, 0.25) is 0 Å². The number of halogens is 1. The number of ether oxygens (including phenoxy) is 1. The molecule has 3 aliphatic rings. The van der Waals surface area contributed by atoms with Crippen molar-refractivity contribution in [3.8, 4) is 5.75 Å². The van der Waals surface area contributed by atoms with Gasteiger partial charge in [-0.05, 0) is 60.2 Å². The summed E-state index contributed by atoms with van der Waals surface area (Å²) in [5, 5.41) is 4.87. The summed E-state index contributed by atoms with van der Waals surface area (Å²) in [6, 6.07) is 10.0. The van der Waals surface area contributed by atoms with E-state index in [4.69, 9.17) is 4.74 Å². The first-order valence-corrected chi connectivity index (χ1v) is 9.89. The Morgan fingerprint density at radius 3 is 2.53 bits per heavy atom. The summed E-state index contributed by atoms with van der Waals surface area (Å²) in [7, 11) is 0. The number of nitrogens with zero attached hydrogens (tertiary/aromatic N) is 1. The van der Waals surface area contributed by atoms with Crippen molar-refractivity contribution in [3.63, 3.8) is 0 Å². The van der Waals surface area contributed by atoms with Crippen molar-refractivity contribution in [1.29, 1.82) is 0 Å². The third kappa shape index (κ3) is 3.18. The van der Waals surface area contributed by atoms with Crippen LogP contribution in [0.3, 0.4) is 0 Å². The van der Waals surface area contributed by atoms with Crippen LogP contribution in [0.5, 0.6) is 5.75 Å². The summed E-state index contributed by atoms with van der Waals surface area (Å²) < 4.78 is 19.2. The first-order chi connectivity index (χ1) is 14.4. The summed E-state index contributed by atoms with van der Waals surface area (Å²) in [5.41, 5.74) is 0.290. The van der Waals surface area contributed by atoms with Gasteiger partial charge in [0.05, 0.1) is 13.2 Å². The summed E-state index contributed by atoms with van der Waals surface area (Å²) in [5.74, 6) is 0.0828. The van der Waals surface area contributed by atoms with E-state index in [0.717, 1.165) is 11.3 Å². The topological polar surface area (TPSA) is 87.7 Å². The third-order valence-corrected chi connectivity index (χ3v) is 5.84. The van der Waals surface area contributed by atoms with Crippen molar-refractivity contribution >= 4 is 17.8 Å². The lowest BCUT2D eigenvalue weighted by Crippen LogP contribution is -2.52. The Bertz CT molecular complexity index is 1050. The number of fused-ring (bicyclic) bond motifs is 1. The van der Waals surface area contributed by atoms with Crippen molar-refractivity contribution in [2.45, 2.75) is 24.9 Å². The molecule has 0 spiro atoms. The lowest BCUT2D eigenvalue weighted by Gasteiger charge is -2.31. The van der Waals surface area contributed by atoms with Crippen molar-refractivity contribution in [1.82, 2.24) is 15.5 Å². The SMILES string of the molecule is O=C1NC(=O)[C@](CN2Cc3cc(OCC4CC4)ccc3C2=O)(c2ccc(F)cc2)N1. The average Bonchev–Trinajstić information content (AvgIpc) is 3.44. The van der Waals surface area contributed by atoms with E-state index in [2.05, 4.69) is 10.6 Å². The normalized spacial score (nSPS) is 22.7. The fourth-order valence-electron chi connectivity index (χ4n) is 3.99. The number of imide groups is 1. The minimum atomic E-state index is -1.48. The maximum atomic E-state index is 13.4. The largest absolute Gasteiger partial charge is 0.493 e. The molecule has 154 valence electrons. The van der Waals surface area contributed by atoms with E-state index in [1.165, 1.54) is 42.0 Å². The van der Waals surface area contributed by atoms with Crippen LogP contribution in [0.15, 0.2) is 42.5 Å². The highest BCUT2D eigenvalue weighted by molar-refractivity contribution is 6.08. The van der Waals surface area contributed by atoms with Crippen LogP contribution < -0.4 is 15.4 Å². The number of urea groups is 1. The van der Waals surface area contributed by atoms with E-state index in [0.29, 0.717) is 30.2 Å². The van der Waals surface area contributed by atoms with Gasteiger partial charge in [0.25, 0.3) is 11.8 Å². The Balaban J connectivity index is 1.41. The average molecular weight is 409 g/mol. The molecule has 1 atom stereocenters. The molecule has 2 aliphatic heterocycles. The quantitative estimate of drug-likeness (QED) is 0.717. The van der Waals surface area contributed by atoms with E-state index in [9.17, 15) is 18.8 Å². The summed E-state index contributed by atoms with van der Waals surface area (Å²) in [6.45, 7) is 0.902. The Labute approximate surface area is 172 Å². The number of amides is 4. The molecule has 30 heavy (non-hydrogen) atoms. The third-order valence-electron chi connectivity index (χ3n) is 5.84. The lowest BCUT2D eigenvalue weighted by atomic mass is 9.89. The van der Waals surface area contributed by atoms with Gasteiger partial charge in [0.15, 0.2) is 5.54 Å². The molecular formula is C22H20FN3O4. The smallest absolute Gasteiger partial charge is 0.322 e. The van der Waals surface area contributed by atoms with E-state index >= 15 is 0 Å². The van der Waals surface area contributed by atoms with Gasteiger partial charge in [-0.3, -0.25) is 14.9 Å². The van der Waals surface area contributed by atoms with Crippen molar-refractivity contribution in [2.24, 2.45) is 5.92 Å². The van der Waals surface area contributed by atoms with Gasteiger partial charge in [-0.25, -0.2) is 9.18 Å². The van der Waals surface area contributed by atoms with Crippen molar-refractivity contribution in [3.05, 3.63) is 65.0 Å². The Kier molecular flexibility index (Phi) is 4.23. The Hall–Kier alpha value is -3.42. The zero-order valence-electron chi connectivity index (χ0n) is 16.1. The molecule has 2 aromatic rings. The monoisotopic (exact) mass is 409 g/mol. The second kappa shape index (κ2) is 6.83. The van der Waals surface area contributed by atoms with E-state index < -0.39 is 23.3 Å². The van der Waals surface area contributed by atoms with E-state index in [1.54, 1.807) is 12.1 Å². The molecule has 8 heteroatoms. The van der Waals surface area contributed by atoms with Gasteiger partial charge in [-0.1, -0.05) is 12.1 Å². The summed E-state index contributed by atoms with van der Waals surface area (Å²) in [6.07, 6.45) is 2.38. The Morgan fingerprint density at radius 1 is 1.10 bits per heavy atom. The lowest BCUT2D eigenvalue weighted by molar-refractivity contribution is -0.124. The van der Waals surface area contributed by atoms with Crippen LogP contribution in [0, 0.1) is 11.7 Å². The van der Waals surface area contributed by atoms with Crippen LogP contribution in [-0.2, 0) is 16.9 Å². The number of carbonyl (C=O) groups is 3. The van der Waals surface area contributed by atoms with Gasteiger partial charge in [0.2, 0.25) is 0 Å². The molecule has 2 aromatic carbocycles. The second-order valence-electron chi connectivity index (χ2n) is 8.06. The van der Waals surface area contributed by atoms with Crippen LogP contribution in [0.1, 0.15) is 34.3 Å². The highest BCUT2D eigenvalue weighted by atomic mass is 19.1. The number of hydrogen-bond acceptors (Lipinski definition) is 4. The molecule has 2 fully saturated rings. The summed E-state index contributed by atoms with van der Waals surface area (Å²) >= 11 is 0. The fraction of sp³-hybridized carbons (Fsp3) is 0.318. The van der Waals surface area contributed by atoms with Gasteiger partial charge in [0, 0.05) is 12.1 Å². The molecule has 4 amide bonds. The molecule has 0 bridgehead atoms. The molecule has 1 saturated carbocycles. The number of carbonyl (C=O) groups excluding carboxylic acids is 3. The predicted molar refractivity (Wildman–Crippen MR) is 104 cm³/mol. The molecule has 1 aliphatic carbocycles. The molecule has 0 radical (unpaired) electrons. The first-order valence-electron chi connectivity index (χ1n) is 9.89. The first kappa shape index (κ1) is 18.6. The van der Waals surface area contributed by atoms with E-state index in [-0.39, 0.29) is 12.5 Å². The van der Waals surface area contributed by atoms with Gasteiger partial charge in [0.1, 0.15) is 11.6 Å². The predicted octanol–water partition coefficient (Wildman–Crippen LogP) is 2.31. The number of benzene rings is 2. The number of nitrogens with one attached hydrogen (secondary N) is 2. The minimum absolute atomic E-state index is 0.0675. The molecule has 2 heterocycles. The van der Waals surface area contributed by atoms with Crippen LogP contribution in [0.25, 0.3) is 0 Å². The van der Waals surface area contributed by atoms with Crippen LogP contribution >= 0.6 is 0 Å². The maximum Gasteiger partial charge on any atom is 0.322 e. The van der Waals surface area contributed by atoms with Crippen molar-refractivity contribution in [2.75, 3.05) is 13.2 Å². The maximum absolute atomic E-state index is 13.4. The van der Waals surface area contributed by atoms with Gasteiger partial charge in [-0.15, -0.1) is 0 Å². The zero-order valence-corrected chi connectivity index (χ0v) is 16.1. The zero-order chi connectivity index (χ0) is 20.9. The molecular weight excluding hydrogens is 389 g/mol. The van der Waals surface area contributed by atoms with Gasteiger partial charge < -0.3 is 15.0 Å². The molecule has 1 saturated heterocycles. The molecule has 0 unspecified atom stereocenters. The second-order valence-corrected chi connectivity index (χ2v) is 8.06. The molecule has 5 rings (SSSR count). The molecule has 7 nitrogen and oxygen atoms in total. The van der Waals surface area contributed by atoms with Crippen LogP contribution in [-0.4, -0.2) is 35.9 Å². The minimum Gasteiger partial charge on any atom is -0.493 e. The summed E-state index contributed by atoms with van der Waals surface area (Å²) in [4.78, 5) is 39.1. The highest BCUT2D eigenvalue weighted by Gasteiger charge is 2.50. The van der Waals surface area contributed by atoms with Crippen molar-refractivity contribution < 1.29 is 23.5 Å². The number of hydrogen-bond donors (Lipinski definition) is 2. The standard InChI is InChI=1S/C22H20FN3O4/c23-16-5-3-15(4-6-16)22(20(28)24-21(29)25-22)12-26-10-14-9-17(30-11-13-1-2-13)7-8-18(14)19(26)27/h3-9,13H,1-2,10-12H2,(H2,24,25,28,29)/t22-/m0/s1. The molecule has 2 N–H and O–H groups in total. The Morgan fingerprint density at radius 2 is 1.87 bits per heavy atom. The molecule has 0 aromatic heterocycles. The van der Waals surface area contributed by atoms with E-state index in [1.807, 2.05) is 6.07 Å². The fourth-order valence-corrected chi connectivity index (χ4v) is 3.99. The van der Waals surface area contributed by atoms with Crippen LogP contribution in [0.4, 0.5) is 9.18 Å². The highest BCUT2D eigenvalue weighted by Crippen LogP contribution is 2.34. The van der Waals surface area contributed by atoms with Gasteiger partial charge in [-0.2, -0.15) is 0 Å².